The molecule has 0 aliphatic carbocycles. The van der Waals surface area contributed by atoms with Crippen LogP contribution in [-0.4, -0.2) is 50.2 Å². The summed E-state index contributed by atoms with van der Waals surface area (Å²) < 4.78 is 31.3. The van der Waals surface area contributed by atoms with E-state index in [4.69, 9.17) is 4.74 Å². The van der Waals surface area contributed by atoms with Crippen molar-refractivity contribution < 1.29 is 27.5 Å². The highest BCUT2D eigenvalue weighted by atomic mass is 32.2. The average molecular weight is 433 g/mol. The van der Waals surface area contributed by atoms with Gasteiger partial charge in [-0.25, -0.2) is 13.2 Å². The lowest BCUT2D eigenvalue weighted by Crippen LogP contribution is -2.43. The summed E-state index contributed by atoms with van der Waals surface area (Å²) in [5.74, 6) is -2.14. The third kappa shape index (κ3) is 5.88. The van der Waals surface area contributed by atoms with Crippen molar-refractivity contribution in [2.75, 3.05) is 19.7 Å². The molecule has 0 bridgehead atoms. The van der Waals surface area contributed by atoms with Crippen LogP contribution in [0.4, 0.5) is 0 Å². The number of hydrogen-bond acceptors (Lipinski definition) is 6. The first kappa shape index (κ1) is 23.0. The zero-order valence-electron chi connectivity index (χ0n) is 16.6. The van der Waals surface area contributed by atoms with E-state index in [-0.39, 0.29) is 10.5 Å². The first-order valence-electron chi connectivity index (χ1n) is 9.21. The van der Waals surface area contributed by atoms with E-state index in [1.54, 1.807) is 44.2 Å². The molecule has 160 valence electrons. The van der Waals surface area contributed by atoms with Crippen LogP contribution in [0.15, 0.2) is 59.5 Å². The Kier molecular flexibility index (Phi) is 8.07. The molecule has 9 nitrogen and oxygen atoms in total. The van der Waals surface area contributed by atoms with Gasteiger partial charge in [0.2, 0.25) is 10.0 Å². The Morgan fingerprint density at radius 1 is 0.900 bits per heavy atom. The minimum absolute atomic E-state index is 0.00986. The van der Waals surface area contributed by atoms with Gasteiger partial charge in [0.1, 0.15) is 0 Å². The number of ether oxygens (including phenoxy) is 1. The molecule has 2 N–H and O–H groups in total. The van der Waals surface area contributed by atoms with Gasteiger partial charge in [-0.05, 0) is 30.3 Å². The Hall–Kier alpha value is -3.24. The van der Waals surface area contributed by atoms with Crippen molar-refractivity contribution in [2.45, 2.75) is 18.7 Å². The predicted octanol–water partition coefficient (Wildman–Crippen LogP) is 1.34. The second-order valence-corrected chi connectivity index (χ2v) is 8.00. The highest BCUT2D eigenvalue weighted by molar-refractivity contribution is 7.89. The molecule has 0 radical (unpaired) electrons. The number of hydrazine groups is 1. The Bertz CT molecular complexity index is 1000. The standard InChI is InChI=1S/C20H23N3O6S/c1-3-23(4-2)30(27,28)17-12-8-11-16(13-17)20(26)29-14-18(24)21-22-19(25)15-9-6-5-7-10-15/h5-13H,3-4,14H2,1-2H3,(H,21,24)(H,22,25). The number of nitrogens with zero attached hydrogens (tertiary/aromatic N) is 1. The maximum atomic E-state index is 12.6. The van der Waals surface area contributed by atoms with Gasteiger partial charge < -0.3 is 4.74 Å². The lowest BCUT2D eigenvalue weighted by atomic mass is 10.2. The van der Waals surface area contributed by atoms with E-state index in [9.17, 15) is 22.8 Å². The molecule has 30 heavy (non-hydrogen) atoms. The molecule has 0 heterocycles. The molecule has 2 aromatic carbocycles. The van der Waals surface area contributed by atoms with Crippen LogP contribution in [0.2, 0.25) is 0 Å². The van der Waals surface area contributed by atoms with Gasteiger partial charge >= 0.3 is 5.97 Å². The fraction of sp³-hybridized carbons (Fsp3) is 0.250. The van der Waals surface area contributed by atoms with Crippen LogP contribution < -0.4 is 10.9 Å². The van der Waals surface area contributed by atoms with Crippen LogP contribution in [0.5, 0.6) is 0 Å². The second-order valence-electron chi connectivity index (χ2n) is 6.06. The molecule has 0 fully saturated rings. The van der Waals surface area contributed by atoms with Crippen molar-refractivity contribution in [3.63, 3.8) is 0 Å². The Labute approximate surface area is 175 Å². The van der Waals surface area contributed by atoms with Gasteiger partial charge in [0.25, 0.3) is 11.8 Å². The Balaban J connectivity index is 1.93. The molecule has 10 heteroatoms. The zero-order valence-corrected chi connectivity index (χ0v) is 17.4. The van der Waals surface area contributed by atoms with Crippen molar-refractivity contribution in [1.29, 1.82) is 0 Å². The second kappa shape index (κ2) is 10.5. The molecule has 0 aromatic heterocycles. The van der Waals surface area contributed by atoms with E-state index in [0.717, 1.165) is 0 Å². The number of nitrogens with one attached hydrogen (secondary N) is 2. The smallest absolute Gasteiger partial charge is 0.338 e. The number of esters is 1. The van der Waals surface area contributed by atoms with Crippen LogP contribution in [0.25, 0.3) is 0 Å². The first-order valence-corrected chi connectivity index (χ1v) is 10.6. The van der Waals surface area contributed by atoms with Gasteiger partial charge in [-0.1, -0.05) is 38.1 Å². The van der Waals surface area contributed by atoms with E-state index in [2.05, 4.69) is 10.9 Å². The van der Waals surface area contributed by atoms with Crippen LogP contribution >= 0.6 is 0 Å². The largest absolute Gasteiger partial charge is 0.452 e. The lowest BCUT2D eigenvalue weighted by molar-refractivity contribution is -0.125. The maximum Gasteiger partial charge on any atom is 0.338 e. The first-order chi connectivity index (χ1) is 14.3. The topological polar surface area (TPSA) is 122 Å². The number of sulfonamides is 1. The number of benzene rings is 2. The molecular weight excluding hydrogens is 410 g/mol. The number of hydrogen-bond donors (Lipinski definition) is 2. The van der Waals surface area contributed by atoms with Crippen LogP contribution in [0, 0.1) is 0 Å². The van der Waals surface area contributed by atoms with Crippen LogP contribution in [0.3, 0.4) is 0 Å². The van der Waals surface area contributed by atoms with Gasteiger partial charge in [0, 0.05) is 18.7 Å². The SMILES string of the molecule is CCN(CC)S(=O)(=O)c1cccc(C(=O)OCC(=O)NNC(=O)c2ccccc2)c1. The maximum absolute atomic E-state index is 12.6. The Morgan fingerprint density at radius 2 is 1.53 bits per heavy atom. The molecule has 2 amide bonds. The predicted molar refractivity (Wildman–Crippen MR) is 109 cm³/mol. The fourth-order valence-electron chi connectivity index (χ4n) is 2.53. The highest BCUT2D eigenvalue weighted by Gasteiger charge is 2.23. The molecule has 0 atom stereocenters. The van der Waals surface area contributed by atoms with Crippen molar-refractivity contribution >= 4 is 27.8 Å². The van der Waals surface area contributed by atoms with Crippen molar-refractivity contribution in [3.8, 4) is 0 Å². The van der Waals surface area contributed by atoms with E-state index in [1.807, 2.05) is 0 Å². The van der Waals surface area contributed by atoms with E-state index in [0.29, 0.717) is 18.7 Å². The molecule has 0 spiro atoms. The van der Waals surface area contributed by atoms with Gasteiger partial charge in [-0.3, -0.25) is 20.4 Å². The van der Waals surface area contributed by atoms with Crippen molar-refractivity contribution in [1.82, 2.24) is 15.2 Å². The molecule has 0 aliphatic rings. The molecule has 0 saturated heterocycles. The minimum Gasteiger partial charge on any atom is -0.452 e. The summed E-state index contributed by atoms with van der Waals surface area (Å²) in [5, 5.41) is 0. The summed E-state index contributed by atoms with van der Waals surface area (Å²) in [4.78, 5) is 35.8. The third-order valence-corrected chi connectivity index (χ3v) is 6.14. The monoisotopic (exact) mass is 433 g/mol. The normalized spacial score (nSPS) is 11.0. The van der Waals surface area contributed by atoms with Gasteiger partial charge in [-0.2, -0.15) is 4.31 Å². The summed E-state index contributed by atoms with van der Waals surface area (Å²) >= 11 is 0. The molecule has 2 aromatic rings. The quantitative estimate of drug-likeness (QED) is 0.479. The molecule has 2 rings (SSSR count). The van der Waals surface area contributed by atoms with Crippen LogP contribution in [-0.2, 0) is 19.6 Å². The van der Waals surface area contributed by atoms with Crippen LogP contribution in [0.1, 0.15) is 34.6 Å². The van der Waals surface area contributed by atoms with Gasteiger partial charge in [0.15, 0.2) is 6.61 Å². The fourth-order valence-corrected chi connectivity index (χ4v) is 4.04. The molecular formula is C20H23N3O6S. The highest BCUT2D eigenvalue weighted by Crippen LogP contribution is 2.17. The molecule has 0 saturated carbocycles. The summed E-state index contributed by atoms with van der Waals surface area (Å²) in [6, 6.07) is 13.6. The number of amides is 2. The Morgan fingerprint density at radius 3 is 2.17 bits per heavy atom. The minimum atomic E-state index is -3.73. The van der Waals surface area contributed by atoms with Crippen molar-refractivity contribution in [3.05, 3.63) is 65.7 Å². The summed E-state index contributed by atoms with van der Waals surface area (Å²) in [6.07, 6.45) is 0. The van der Waals surface area contributed by atoms with E-state index < -0.39 is 34.4 Å². The molecule has 0 aliphatic heterocycles. The number of rotatable bonds is 8. The van der Waals surface area contributed by atoms with E-state index in [1.165, 1.54) is 28.6 Å². The van der Waals surface area contributed by atoms with Crippen molar-refractivity contribution in [2.24, 2.45) is 0 Å². The third-order valence-electron chi connectivity index (χ3n) is 4.10. The summed E-state index contributed by atoms with van der Waals surface area (Å²) in [7, 11) is -3.73. The van der Waals surface area contributed by atoms with Gasteiger partial charge in [-0.15, -0.1) is 0 Å². The number of carbonyl (C=O) groups is 3. The average Bonchev–Trinajstić information content (AvgIpc) is 2.77. The summed E-state index contributed by atoms with van der Waals surface area (Å²) in [6.45, 7) is 3.37. The molecule has 0 unspecified atom stereocenters. The summed E-state index contributed by atoms with van der Waals surface area (Å²) in [5.41, 5.74) is 4.68. The van der Waals surface area contributed by atoms with E-state index >= 15 is 0 Å². The van der Waals surface area contributed by atoms with Gasteiger partial charge in [0.05, 0.1) is 10.5 Å². The lowest BCUT2D eigenvalue weighted by Gasteiger charge is -2.18. The zero-order chi connectivity index (χ0) is 22.1. The number of carbonyl (C=O) groups excluding carboxylic acids is 3.